The van der Waals surface area contributed by atoms with Crippen molar-refractivity contribution in [2.24, 2.45) is 0 Å². The SMILES string of the molecule is O=C(c1cn(C2CCNCC2)nn1)N1CCN(CC(F)(F)C(F)F)CC1. The van der Waals surface area contributed by atoms with Crippen molar-refractivity contribution in [3.8, 4) is 0 Å². The Morgan fingerprint density at radius 2 is 1.88 bits per heavy atom. The molecule has 3 heterocycles. The van der Waals surface area contributed by atoms with E-state index in [1.807, 2.05) is 0 Å². The van der Waals surface area contributed by atoms with Gasteiger partial charge in [-0.2, -0.15) is 8.78 Å². The predicted molar refractivity (Wildman–Crippen MR) is 84.5 cm³/mol. The fourth-order valence-electron chi connectivity index (χ4n) is 3.26. The minimum Gasteiger partial charge on any atom is -0.335 e. The number of amides is 1. The minimum atomic E-state index is -4.04. The van der Waals surface area contributed by atoms with E-state index in [4.69, 9.17) is 0 Å². The fourth-order valence-corrected chi connectivity index (χ4v) is 3.26. The third kappa shape index (κ3) is 4.32. The smallest absolute Gasteiger partial charge is 0.319 e. The molecule has 0 radical (unpaired) electrons. The van der Waals surface area contributed by atoms with Gasteiger partial charge in [-0.1, -0.05) is 5.21 Å². The van der Waals surface area contributed by atoms with Crippen molar-refractivity contribution in [2.45, 2.75) is 31.2 Å². The average Bonchev–Trinajstić information content (AvgIpc) is 3.12. The summed E-state index contributed by atoms with van der Waals surface area (Å²) in [5.74, 6) is -4.35. The number of piperidine rings is 1. The zero-order valence-corrected chi connectivity index (χ0v) is 14.3. The lowest BCUT2D eigenvalue weighted by atomic mass is 10.1. The van der Waals surface area contributed by atoms with Crippen LogP contribution < -0.4 is 5.32 Å². The van der Waals surface area contributed by atoms with Gasteiger partial charge in [0.15, 0.2) is 5.69 Å². The van der Waals surface area contributed by atoms with Gasteiger partial charge in [0.2, 0.25) is 0 Å². The Labute approximate surface area is 148 Å². The summed E-state index contributed by atoms with van der Waals surface area (Å²) >= 11 is 0. The molecule has 2 aliphatic rings. The summed E-state index contributed by atoms with van der Waals surface area (Å²) in [7, 11) is 0. The Morgan fingerprint density at radius 1 is 1.23 bits per heavy atom. The molecule has 2 aliphatic heterocycles. The quantitative estimate of drug-likeness (QED) is 0.770. The van der Waals surface area contributed by atoms with E-state index in [1.54, 1.807) is 10.9 Å². The topological polar surface area (TPSA) is 66.3 Å². The van der Waals surface area contributed by atoms with Gasteiger partial charge in [0.25, 0.3) is 5.91 Å². The van der Waals surface area contributed by atoms with Crippen molar-refractivity contribution in [1.29, 1.82) is 0 Å². The second kappa shape index (κ2) is 7.87. The van der Waals surface area contributed by atoms with E-state index < -0.39 is 18.9 Å². The maximum atomic E-state index is 13.1. The number of nitrogens with one attached hydrogen (secondary N) is 1. The Bertz CT molecular complexity index is 611. The molecule has 1 aromatic heterocycles. The highest BCUT2D eigenvalue weighted by Gasteiger charge is 2.42. The molecule has 11 heteroatoms. The van der Waals surface area contributed by atoms with Gasteiger partial charge in [-0.15, -0.1) is 5.10 Å². The molecule has 0 atom stereocenters. The number of halogens is 4. The summed E-state index contributed by atoms with van der Waals surface area (Å²) in [5, 5.41) is 11.2. The predicted octanol–water partition coefficient (Wildman–Crippen LogP) is 0.861. The number of nitrogens with zero attached hydrogens (tertiary/aromatic N) is 5. The van der Waals surface area contributed by atoms with Gasteiger partial charge >= 0.3 is 12.3 Å². The summed E-state index contributed by atoms with van der Waals surface area (Å²) < 4.78 is 52.5. The van der Waals surface area contributed by atoms with Crippen LogP contribution in [0.5, 0.6) is 0 Å². The molecule has 2 saturated heterocycles. The molecular weight excluding hydrogens is 356 g/mol. The van der Waals surface area contributed by atoms with Crippen LogP contribution in [-0.2, 0) is 0 Å². The minimum absolute atomic E-state index is 0.122. The molecule has 0 spiro atoms. The maximum absolute atomic E-state index is 13.1. The third-order valence-electron chi connectivity index (χ3n) is 4.83. The Kier molecular flexibility index (Phi) is 5.76. The first-order valence-corrected chi connectivity index (χ1v) is 8.67. The number of hydrogen-bond donors (Lipinski definition) is 1. The molecule has 0 aliphatic carbocycles. The molecule has 0 unspecified atom stereocenters. The highest BCUT2D eigenvalue weighted by molar-refractivity contribution is 5.92. The number of hydrogen-bond acceptors (Lipinski definition) is 5. The first kappa shape index (κ1) is 19.0. The van der Waals surface area contributed by atoms with Crippen LogP contribution in [0.15, 0.2) is 6.20 Å². The van der Waals surface area contributed by atoms with E-state index in [0.717, 1.165) is 25.9 Å². The van der Waals surface area contributed by atoms with Crippen molar-refractivity contribution in [2.75, 3.05) is 45.8 Å². The van der Waals surface area contributed by atoms with E-state index in [1.165, 1.54) is 9.80 Å². The number of carbonyl (C=O) groups is 1. The highest BCUT2D eigenvalue weighted by atomic mass is 19.3. The van der Waals surface area contributed by atoms with E-state index >= 15 is 0 Å². The van der Waals surface area contributed by atoms with E-state index in [9.17, 15) is 22.4 Å². The number of alkyl halides is 4. The molecule has 146 valence electrons. The van der Waals surface area contributed by atoms with Crippen molar-refractivity contribution in [3.05, 3.63) is 11.9 Å². The van der Waals surface area contributed by atoms with Crippen LogP contribution in [0.4, 0.5) is 17.6 Å². The van der Waals surface area contributed by atoms with Crippen LogP contribution in [0.1, 0.15) is 29.4 Å². The zero-order chi connectivity index (χ0) is 18.7. The molecule has 1 N–H and O–H groups in total. The molecule has 2 fully saturated rings. The van der Waals surface area contributed by atoms with E-state index in [0.29, 0.717) is 0 Å². The molecule has 1 amide bonds. The highest BCUT2D eigenvalue weighted by Crippen LogP contribution is 2.24. The largest absolute Gasteiger partial charge is 0.335 e. The molecule has 0 bridgehead atoms. The second-order valence-electron chi connectivity index (χ2n) is 6.70. The molecule has 0 saturated carbocycles. The number of piperazine rings is 1. The maximum Gasteiger partial charge on any atom is 0.319 e. The molecule has 7 nitrogen and oxygen atoms in total. The number of rotatable bonds is 5. The molecule has 1 aromatic rings. The van der Waals surface area contributed by atoms with Gasteiger partial charge in [0, 0.05) is 26.2 Å². The second-order valence-corrected chi connectivity index (χ2v) is 6.70. The first-order chi connectivity index (χ1) is 12.4. The Balaban J connectivity index is 1.53. The summed E-state index contributed by atoms with van der Waals surface area (Å²) in [6.45, 7) is 1.40. The first-order valence-electron chi connectivity index (χ1n) is 8.67. The summed E-state index contributed by atoms with van der Waals surface area (Å²) in [5.41, 5.74) is 0.217. The summed E-state index contributed by atoms with van der Waals surface area (Å²) in [6, 6.07) is 0.207. The third-order valence-corrected chi connectivity index (χ3v) is 4.83. The fraction of sp³-hybridized carbons (Fsp3) is 0.800. The van der Waals surface area contributed by atoms with Crippen LogP contribution >= 0.6 is 0 Å². The Morgan fingerprint density at radius 3 is 2.50 bits per heavy atom. The molecular formula is C15H22F4N6O. The van der Waals surface area contributed by atoms with Crippen molar-refractivity contribution >= 4 is 5.91 Å². The zero-order valence-electron chi connectivity index (χ0n) is 14.3. The van der Waals surface area contributed by atoms with Crippen LogP contribution in [0.2, 0.25) is 0 Å². The van der Waals surface area contributed by atoms with Crippen molar-refractivity contribution in [1.82, 2.24) is 30.1 Å². The van der Waals surface area contributed by atoms with Gasteiger partial charge in [0.05, 0.1) is 18.8 Å². The average molecular weight is 378 g/mol. The molecule has 3 rings (SSSR count). The number of aromatic nitrogens is 3. The van der Waals surface area contributed by atoms with Crippen molar-refractivity contribution < 1.29 is 22.4 Å². The van der Waals surface area contributed by atoms with Gasteiger partial charge < -0.3 is 10.2 Å². The molecule has 26 heavy (non-hydrogen) atoms. The number of carbonyl (C=O) groups excluding carboxylic acids is 1. The van der Waals surface area contributed by atoms with Gasteiger partial charge in [-0.3, -0.25) is 9.69 Å². The van der Waals surface area contributed by atoms with Crippen LogP contribution in [0, 0.1) is 0 Å². The van der Waals surface area contributed by atoms with E-state index in [2.05, 4.69) is 15.6 Å². The lowest BCUT2D eigenvalue weighted by Crippen LogP contribution is -2.52. The molecule has 0 aromatic carbocycles. The van der Waals surface area contributed by atoms with Crippen LogP contribution in [0.3, 0.4) is 0 Å². The summed E-state index contributed by atoms with van der Waals surface area (Å²) in [6.07, 6.45) is -0.246. The Hall–Kier alpha value is -1.75. The van der Waals surface area contributed by atoms with E-state index in [-0.39, 0.29) is 43.8 Å². The van der Waals surface area contributed by atoms with Crippen LogP contribution in [-0.4, -0.2) is 88.9 Å². The standard InChI is InChI=1S/C15H22F4N6O/c16-14(17)15(18,19)10-23-5-7-24(8-6-23)13(26)12-9-25(22-21-12)11-1-3-20-4-2-11/h9,11,14,20H,1-8,10H2. The van der Waals surface area contributed by atoms with Crippen LogP contribution in [0.25, 0.3) is 0 Å². The lowest BCUT2D eigenvalue weighted by molar-refractivity contribution is -0.144. The summed E-state index contributed by atoms with van der Waals surface area (Å²) in [4.78, 5) is 15.3. The van der Waals surface area contributed by atoms with Gasteiger partial charge in [0.1, 0.15) is 0 Å². The monoisotopic (exact) mass is 378 g/mol. The normalized spacial score (nSPS) is 20.7. The van der Waals surface area contributed by atoms with Gasteiger partial charge in [-0.25, -0.2) is 13.5 Å². The lowest BCUT2D eigenvalue weighted by Gasteiger charge is -2.35. The van der Waals surface area contributed by atoms with Crippen molar-refractivity contribution in [3.63, 3.8) is 0 Å². The van der Waals surface area contributed by atoms with Gasteiger partial charge in [-0.05, 0) is 25.9 Å².